The van der Waals surface area contributed by atoms with Crippen molar-refractivity contribution in [3.8, 4) is 0 Å². The average molecular weight is 268 g/mol. The van der Waals surface area contributed by atoms with Crippen LogP contribution in [0.3, 0.4) is 0 Å². The van der Waals surface area contributed by atoms with E-state index in [0.29, 0.717) is 0 Å². The summed E-state index contributed by atoms with van der Waals surface area (Å²) >= 11 is 0. The van der Waals surface area contributed by atoms with Gasteiger partial charge in [0.25, 0.3) is 5.78 Å². The van der Waals surface area contributed by atoms with Crippen LogP contribution in [0.1, 0.15) is 17.3 Å². The fourth-order valence-corrected chi connectivity index (χ4v) is 2.63. The molecule has 0 aromatic heterocycles. The molecule has 0 atom stereocenters. The molecule has 0 saturated heterocycles. The standard InChI is InChI=1S/C13H17FO3Si/c1-5-17-13(16)12(15)10-8-9(18(2,3)4)6-7-11(10)14/h6-8H,5H2,1-4H3. The first-order valence-corrected chi connectivity index (χ1v) is 9.29. The summed E-state index contributed by atoms with van der Waals surface area (Å²) in [6, 6.07) is 4.38. The normalized spacial score (nSPS) is 11.2. The molecule has 0 amide bonds. The summed E-state index contributed by atoms with van der Waals surface area (Å²) in [5, 5.41) is 0.927. The Kier molecular flexibility index (Phi) is 4.40. The predicted octanol–water partition coefficient (Wildman–Crippen LogP) is 2.12. The first kappa shape index (κ1) is 14.6. The first-order valence-electron chi connectivity index (χ1n) is 5.79. The minimum atomic E-state index is -1.66. The van der Waals surface area contributed by atoms with Crippen LogP contribution >= 0.6 is 0 Å². The first-order chi connectivity index (χ1) is 8.27. The lowest BCUT2D eigenvalue weighted by Crippen LogP contribution is -2.38. The minimum absolute atomic E-state index is 0.0971. The Morgan fingerprint density at radius 3 is 2.39 bits per heavy atom. The molecule has 0 bridgehead atoms. The molecule has 0 aliphatic carbocycles. The van der Waals surface area contributed by atoms with Crippen molar-refractivity contribution in [3.63, 3.8) is 0 Å². The third kappa shape index (κ3) is 3.26. The average Bonchev–Trinajstić information content (AvgIpc) is 2.27. The minimum Gasteiger partial charge on any atom is -0.460 e. The van der Waals surface area contributed by atoms with Crippen LogP contribution in [0.15, 0.2) is 18.2 Å². The maximum absolute atomic E-state index is 13.6. The topological polar surface area (TPSA) is 43.4 Å². The van der Waals surface area contributed by atoms with Gasteiger partial charge < -0.3 is 4.74 Å². The van der Waals surface area contributed by atoms with Gasteiger partial charge in [0.05, 0.1) is 20.2 Å². The van der Waals surface area contributed by atoms with Crippen LogP contribution < -0.4 is 5.19 Å². The van der Waals surface area contributed by atoms with E-state index < -0.39 is 25.6 Å². The second-order valence-corrected chi connectivity index (χ2v) is 10.1. The lowest BCUT2D eigenvalue weighted by Gasteiger charge is -2.17. The van der Waals surface area contributed by atoms with Crippen LogP contribution in [0, 0.1) is 5.82 Å². The zero-order chi connectivity index (χ0) is 13.9. The van der Waals surface area contributed by atoms with Crippen LogP contribution in [0.25, 0.3) is 0 Å². The van der Waals surface area contributed by atoms with Crippen LogP contribution in [0.5, 0.6) is 0 Å². The highest BCUT2D eigenvalue weighted by molar-refractivity contribution is 6.88. The van der Waals surface area contributed by atoms with E-state index in [0.717, 1.165) is 5.19 Å². The van der Waals surface area contributed by atoms with Crippen LogP contribution in [-0.4, -0.2) is 26.4 Å². The molecular weight excluding hydrogens is 251 g/mol. The molecule has 0 heterocycles. The van der Waals surface area contributed by atoms with Gasteiger partial charge in [0.2, 0.25) is 0 Å². The fourth-order valence-electron chi connectivity index (χ4n) is 1.47. The number of esters is 1. The van der Waals surface area contributed by atoms with Gasteiger partial charge in [-0.25, -0.2) is 9.18 Å². The highest BCUT2D eigenvalue weighted by Crippen LogP contribution is 2.11. The molecule has 0 aliphatic heterocycles. The quantitative estimate of drug-likeness (QED) is 0.363. The summed E-state index contributed by atoms with van der Waals surface area (Å²) in [5.41, 5.74) is -0.201. The summed E-state index contributed by atoms with van der Waals surface area (Å²) in [6.45, 7) is 7.94. The van der Waals surface area contributed by atoms with Crippen molar-refractivity contribution in [2.24, 2.45) is 0 Å². The van der Waals surface area contributed by atoms with E-state index in [1.165, 1.54) is 12.1 Å². The zero-order valence-electron chi connectivity index (χ0n) is 11.0. The third-order valence-corrected chi connectivity index (χ3v) is 4.58. The Hall–Kier alpha value is -1.49. The van der Waals surface area contributed by atoms with E-state index in [4.69, 9.17) is 0 Å². The molecule has 3 nitrogen and oxygen atoms in total. The van der Waals surface area contributed by atoms with E-state index in [9.17, 15) is 14.0 Å². The molecule has 0 unspecified atom stereocenters. The lowest BCUT2D eigenvalue weighted by molar-refractivity contribution is -0.137. The Morgan fingerprint density at radius 2 is 1.89 bits per heavy atom. The smallest absolute Gasteiger partial charge is 0.379 e. The van der Waals surface area contributed by atoms with Gasteiger partial charge in [0.1, 0.15) is 5.82 Å². The number of rotatable bonds is 4. The number of benzene rings is 1. The molecule has 98 valence electrons. The highest BCUT2D eigenvalue weighted by atomic mass is 28.3. The Balaban J connectivity index is 3.16. The van der Waals surface area contributed by atoms with E-state index in [2.05, 4.69) is 24.4 Å². The highest BCUT2D eigenvalue weighted by Gasteiger charge is 2.24. The molecule has 0 radical (unpaired) electrons. The molecule has 1 aromatic carbocycles. The SMILES string of the molecule is CCOC(=O)C(=O)c1cc([Si](C)(C)C)ccc1F. The van der Waals surface area contributed by atoms with Gasteiger partial charge in [0, 0.05) is 0 Å². The maximum atomic E-state index is 13.6. The van der Waals surface area contributed by atoms with E-state index in [1.807, 2.05) is 0 Å². The van der Waals surface area contributed by atoms with Crippen LogP contribution in [0.4, 0.5) is 4.39 Å². The Morgan fingerprint density at radius 1 is 1.28 bits per heavy atom. The van der Waals surface area contributed by atoms with Gasteiger partial charge >= 0.3 is 5.97 Å². The Bertz CT molecular complexity index is 478. The molecule has 18 heavy (non-hydrogen) atoms. The third-order valence-electron chi connectivity index (χ3n) is 2.54. The second kappa shape index (κ2) is 5.43. The van der Waals surface area contributed by atoms with Gasteiger partial charge in [0.15, 0.2) is 0 Å². The van der Waals surface area contributed by atoms with Crippen LogP contribution in [-0.2, 0) is 9.53 Å². The zero-order valence-corrected chi connectivity index (χ0v) is 12.0. The lowest BCUT2D eigenvalue weighted by atomic mass is 10.1. The number of Topliss-reactive ketones (excluding diaryl/α,β-unsaturated/α-hetero) is 1. The van der Waals surface area contributed by atoms with Gasteiger partial charge in [-0.15, -0.1) is 0 Å². The van der Waals surface area contributed by atoms with E-state index >= 15 is 0 Å². The van der Waals surface area contributed by atoms with Crippen molar-refractivity contribution in [2.45, 2.75) is 26.6 Å². The molecule has 0 spiro atoms. The van der Waals surface area contributed by atoms with Gasteiger partial charge in [-0.3, -0.25) is 4.79 Å². The number of halogens is 1. The number of hydrogen-bond donors (Lipinski definition) is 0. The van der Waals surface area contributed by atoms with E-state index in [-0.39, 0.29) is 12.2 Å². The number of carbonyl (C=O) groups is 2. The molecular formula is C13H17FO3Si. The predicted molar refractivity (Wildman–Crippen MR) is 70.3 cm³/mol. The summed E-state index contributed by atoms with van der Waals surface area (Å²) in [6.07, 6.45) is 0. The van der Waals surface area contributed by atoms with Gasteiger partial charge in [-0.05, 0) is 19.1 Å². The van der Waals surface area contributed by atoms with Crippen molar-refractivity contribution in [3.05, 3.63) is 29.6 Å². The molecule has 1 aromatic rings. The summed E-state index contributed by atoms with van der Waals surface area (Å²) in [5.74, 6) is -2.62. The number of ether oxygens (including phenoxy) is 1. The molecule has 5 heteroatoms. The maximum Gasteiger partial charge on any atom is 0.379 e. The second-order valence-electron chi connectivity index (χ2n) is 4.99. The monoisotopic (exact) mass is 268 g/mol. The summed E-state index contributed by atoms with van der Waals surface area (Å²) in [4.78, 5) is 23.1. The molecule has 0 N–H and O–H groups in total. The van der Waals surface area contributed by atoms with Crippen LogP contribution in [0.2, 0.25) is 19.6 Å². The van der Waals surface area contributed by atoms with Crippen molar-refractivity contribution in [2.75, 3.05) is 6.61 Å². The molecule has 0 fully saturated rings. The largest absolute Gasteiger partial charge is 0.460 e. The number of ketones is 1. The van der Waals surface area contributed by atoms with Crippen molar-refractivity contribution < 1.29 is 18.7 Å². The molecule has 1 rings (SSSR count). The van der Waals surface area contributed by atoms with Gasteiger partial charge in [-0.1, -0.05) is 30.9 Å². The van der Waals surface area contributed by atoms with Gasteiger partial charge in [-0.2, -0.15) is 0 Å². The number of carbonyl (C=O) groups excluding carboxylic acids is 2. The summed E-state index contributed by atoms with van der Waals surface area (Å²) < 4.78 is 18.2. The molecule has 0 saturated carbocycles. The summed E-state index contributed by atoms with van der Waals surface area (Å²) in [7, 11) is -1.66. The molecule has 0 aliphatic rings. The van der Waals surface area contributed by atoms with Crippen molar-refractivity contribution >= 4 is 25.0 Å². The van der Waals surface area contributed by atoms with Crippen molar-refractivity contribution in [1.29, 1.82) is 0 Å². The van der Waals surface area contributed by atoms with E-state index in [1.54, 1.807) is 13.0 Å². The Labute approximate surface area is 107 Å². The fraction of sp³-hybridized carbons (Fsp3) is 0.385. The number of hydrogen-bond acceptors (Lipinski definition) is 3. The van der Waals surface area contributed by atoms with Crippen molar-refractivity contribution in [1.82, 2.24) is 0 Å².